The predicted molar refractivity (Wildman–Crippen MR) is 77.7 cm³/mol. The van der Waals surface area contributed by atoms with E-state index in [4.69, 9.17) is 5.11 Å². The molecule has 0 aromatic rings. The summed E-state index contributed by atoms with van der Waals surface area (Å²) in [6.45, 7) is 4.08. The van der Waals surface area contributed by atoms with Crippen molar-refractivity contribution < 1.29 is 14.7 Å². The quantitative estimate of drug-likeness (QED) is 0.769. The Labute approximate surface area is 121 Å². The van der Waals surface area contributed by atoms with Crippen LogP contribution in [0.2, 0.25) is 0 Å². The summed E-state index contributed by atoms with van der Waals surface area (Å²) in [7, 11) is 4.15. The van der Waals surface area contributed by atoms with Gasteiger partial charge < -0.3 is 20.2 Å². The van der Waals surface area contributed by atoms with E-state index in [0.717, 1.165) is 25.9 Å². The summed E-state index contributed by atoms with van der Waals surface area (Å²) in [5.74, 6) is -0.594. The largest absolute Gasteiger partial charge is 0.481 e. The standard InChI is InChI=1S/C14H27N3O3/c1-11(4-5-13(18)19)10-15-14(20)17-8-6-12(7-9-17)16(2)3/h11-12H,4-10H2,1-3H3,(H,15,20)(H,18,19). The molecule has 1 unspecified atom stereocenters. The second-order valence-corrected chi connectivity index (χ2v) is 5.91. The Hall–Kier alpha value is -1.30. The third kappa shape index (κ3) is 5.77. The van der Waals surface area contributed by atoms with Gasteiger partial charge in [0.25, 0.3) is 0 Å². The van der Waals surface area contributed by atoms with E-state index in [0.29, 0.717) is 19.0 Å². The SMILES string of the molecule is CC(CCC(=O)O)CNC(=O)N1CCC(N(C)C)CC1. The van der Waals surface area contributed by atoms with Gasteiger partial charge in [-0.25, -0.2) is 4.79 Å². The number of aliphatic carboxylic acids is 1. The van der Waals surface area contributed by atoms with Crippen LogP contribution in [0.3, 0.4) is 0 Å². The molecule has 1 aliphatic heterocycles. The first-order chi connectivity index (χ1) is 9.40. The molecule has 6 nitrogen and oxygen atoms in total. The van der Waals surface area contributed by atoms with Gasteiger partial charge in [-0.1, -0.05) is 6.92 Å². The van der Waals surface area contributed by atoms with E-state index < -0.39 is 5.97 Å². The molecule has 1 aliphatic rings. The minimum absolute atomic E-state index is 0.0237. The first-order valence-corrected chi connectivity index (χ1v) is 7.31. The highest BCUT2D eigenvalue weighted by Gasteiger charge is 2.23. The number of hydrogen-bond donors (Lipinski definition) is 2. The molecule has 0 spiro atoms. The number of likely N-dealkylation sites (tertiary alicyclic amines) is 1. The summed E-state index contributed by atoms with van der Waals surface area (Å²) in [4.78, 5) is 26.5. The van der Waals surface area contributed by atoms with Crippen LogP contribution in [0.15, 0.2) is 0 Å². The molecule has 0 aromatic carbocycles. The average molecular weight is 285 g/mol. The van der Waals surface area contributed by atoms with Gasteiger partial charge in [-0.3, -0.25) is 4.79 Å². The van der Waals surface area contributed by atoms with Crippen molar-refractivity contribution in [2.75, 3.05) is 33.7 Å². The van der Waals surface area contributed by atoms with Crippen molar-refractivity contribution in [2.24, 2.45) is 5.92 Å². The lowest BCUT2D eigenvalue weighted by Crippen LogP contribution is -2.48. The van der Waals surface area contributed by atoms with Crippen molar-refractivity contribution in [3.05, 3.63) is 0 Å². The first kappa shape index (κ1) is 16.8. The zero-order valence-electron chi connectivity index (χ0n) is 12.8. The van der Waals surface area contributed by atoms with Crippen molar-refractivity contribution in [1.82, 2.24) is 15.1 Å². The van der Waals surface area contributed by atoms with E-state index in [2.05, 4.69) is 24.3 Å². The first-order valence-electron chi connectivity index (χ1n) is 7.31. The zero-order chi connectivity index (χ0) is 15.1. The number of carboxylic acid groups (broad SMARTS) is 1. The minimum atomic E-state index is -0.783. The van der Waals surface area contributed by atoms with Gasteiger partial charge in [-0.2, -0.15) is 0 Å². The summed E-state index contributed by atoms with van der Waals surface area (Å²) < 4.78 is 0. The zero-order valence-corrected chi connectivity index (χ0v) is 12.8. The van der Waals surface area contributed by atoms with Gasteiger partial charge in [0.2, 0.25) is 0 Å². The fourth-order valence-electron chi connectivity index (χ4n) is 2.43. The third-order valence-corrected chi connectivity index (χ3v) is 3.93. The molecule has 1 rings (SSSR count). The van der Waals surface area contributed by atoms with Crippen molar-refractivity contribution in [3.8, 4) is 0 Å². The number of carbonyl (C=O) groups excluding carboxylic acids is 1. The molecule has 1 saturated heterocycles. The normalized spacial score (nSPS) is 18.1. The fourth-order valence-corrected chi connectivity index (χ4v) is 2.43. The summed E-state index contributed by atoms with van der Waals surface area (Å²) in [6, 6.07) is 0.540. The van der Waals surface area contributed by atoms with E-state index in [-0.39, 0.29) is 18.4 Å². The molecular weight excluding hydrogens is 258 g/mol. The van der Waals surface area contributed by atoms with Crippen molar-refractivity contribution >= 4 is 12.0 Å². The Kier molecular flexibility index (Phi) is 6.78. The molecule has 116 valence electrons. The number of carboxylic acids is 1. The third-order valence-electron chi connectivity index (χ3n) is 3.93. The van der Waals surface area contributed by atoms with Crippen LogP contribution in [-0.2, 0) is 4.79 Å². The van der Waals surface area contributed by atoms with Gasteiger partial charge in [0.15, 0.2) is 0 Å². The molecule has 0 aliphatic carbocycles. The Balaban J connectivity index is 2.22. The van der Waals surface area contributed by atoms with Crippen LogP contribution in [0.5, 0.6) is 0 Å². The molecule has 20 heavy (non-hydrogen) atoms. The highest BCUT2D eigenvalue weighted by Crippen LogP contribution is 2.14. The monoisotopic (exact) mass is 285 g/mol. The highest BCUT2D eigenvalue weighted by molar-refractivity contribution is 5.74. The van der Waals surface area contributed by atoms with E-state index in [1.54, 1.807) is 0 Å². The Morgan fingerprint density at radius 1 is 1.35 bits per heavy atom. The van der Waals surface area contributed by atoms with E-state index in [1.807, 2.05) is 11.8 Å². The van der Waals surface area contributed by atoms with Gasteiger partial charge in [-0.15, -0.1) is 0 Å². The number of rotatable bonds is 6. The van der Waals surface area contributed by atoms with Crippen LogP contribution >= 0.6 is 0 Å². The van der Waals surface area contributed by atoms with Crippen molar-refractivity contribution in [3.63, 3.8) is 0 Å². The highest BCUT2D eigenvalue weighted by atomic mass is 16.4. The number of piperidine rings is 1. The summed E-state index contributed by atoms with van der Waals surface area (Å²) in [6.07, 6.45) is 2.77. The van der Waals surface area contributed by atoms with E-state index in [9.17, 15) is 9.59 Å². The van der Waals surface area contributed by atoms with Crippen molar-refractivity contribution in [1.29, 1.82) is 0 Å². The van der Waals surface area contributed by atoms with Crippen LogP contribution in [-0.4, -0.2) is 66.7 Å². The summed E-state index contributed by atoms with van der Waals surface area (Å²) in [5, 5.41) is 11.5. The van der Waals surface area contributed by atoms with Gasteiger partial charge in [0.1, 0.15) is 0 Å². The molecule has 1 atom stereocenters. The Morgan fingerprint density at radius 3 is 2.45 bits per heavy atom. The lowest BCUT2D eigenvalue weighted by molar-refractivity contribution is -0.137. The van der Waals surface area contributed by atoms with E-state index >= 15 is 0 Å². The van der Waals surface area contributed by atoms with Gasteiger partial charge >= 0.3 is 12.0 Å². The maximum Gasteiger partial charge on any atom is 0.317 e. The molecule has 0 bridgehead atoms. The number of carbonyl (C=O) groups is 2. The number of hydrogen-bond acceptors (Lipinski definition) is 3. The van der Waals surface area contributed by atoms with Crippen LogP contribution in [0.25, 0.3) is 0 Å². The number of nitrogens with zero attached hydrogens (tertiary/aromatic N) is 2. The summed E-state index contributed by atoms with van der Waals surface area (Å²) in [5.41, 5.74) is 0. The Morgan fingerprint density at radius 2 is 1.95 bits per heavy atom. The molecular formula is C14H27N3O3. The molecule has 2 N–H and O–H groups in total. The van der Waals surface area contributed by atoms with Crippen LogP contribution in [0.1, 0.15) is 32.6 Å². The number of amides is 2. The van der Waals surface area contributed by atoms with Crippen LogP contribution in [0, 0.1) is 5.92 Å². The van der Waals surface area contributed by atoms with Crippen molar-refractivity contribution in [2.45, 2.75) is 38.6 Å². The molecule has 0 radical (unpaired) electrons. The van der Waals surface area contributed by atoms with Gasteiger partial charge in [-0.05, 0) is 39.3 Å². The average Bonchev–Trinajstić information content (AvgIpc) is 2.42. The van der Waals surface area contributed by atoms with E-state index in [1.165, 1.54) is 0 Å². The lowest BCUT2D eigenvalue weighted by atomic mass is 10.0. The molecule has 1 heterocycles. The maximum absolute atomic E-state index is 12.0. The lowest BCUT2D eigenvalue weighted by Gasteiger charge is -2.35. The second-order valence-electron chi connectivity index (χ2n) is 5.91. The smallest absolute Gasteiger partial charge is 0.317 e. The maximum atomic E-state index is 12.0. The molecule has 0 aromatic heterocycles. The van der Waals surface area contributed by atoms with Crippen LogP contribution < -0.4 is 5.32 Å². The summed E-state index contributed by atoms with van der Waals surface area (Å²) >= 11 is 0. The molecule has 0 saturated carbocycles. The molecule has 1 fully saturated rings. The fraction of sp³-hybridized carbons (Fsp3) is 0.857. The molecule has 2 amide bonds. The molecule has 6 heteroatoms. The topological polar surface area (TPSA) is 72.9 Å². The van der Waals surface area contributed by atoms with Crippen LogP contribution in [0.4, 0.5) is 4.79 Å². The number of urea groups is 1. The van der Waals surface area contributed by atoms with Gasteiger partial charge in [0, 0.05) is 32.1 Å². The van der Waals surface area contributed by atoms with Gasteiger partial charge in [0.05, 0.1) is 0 Å². The minimum Gasteiger partial charge on any atom is -0.481 e. The Bertz CT molecular complexity index is 326. The second kappa shape index (κ2) is 8.09. The number of nitrogens with one attached hydrogen (secondary N) is 1. The predicted octanol–water partition coefficient (Wildman–Crippen LogP) is 1.22.